The van der Waals surface area contributed by atoms with E-state index in [0.29, 0.717) is 24.6 Å². The van der Waals surface area contributed by atoms with Gasteiger partial charge in [-0.1, -0.05) is 0 Å². The van der Waals surface area contributed by atoms with Crippen molar-refractivity contribution in [3.8, 4) is 23.0 Å². The zero-order chi connectivity index (χ0) is 23.3. The molecule has 2 N–H and O–H groups in total. The van der Waals surface area contributed by atoms with E-state index >= 15 is 0 Å². The third-order valence-corrected chi connectivity index (χ3v) is 4.91. The van der Waals surface area contributed by atoms with Crippen LogP contribution in [-0.4, -0.2) is 99.9 Å². The van der Waals surface area contributed by atoms with Gasteiger partial charge in [0, 0.05) is 26.2 Å². The van der Waals surface area contributed by atoms with Crippen molar-refractivity contribution in [1.82, 2.24) is 9.80 Å². The summed E-state index contributed by atoms with van der Waals surface area (Å²) in [5.41, 5.74) is 0. The monoisotopic (exact) mass is 448 g/mol. The van der Waals surface area contributed by atoms with Crippen LogP contribution in [0.25, 0.3) is 0 Å². The largest absolute Gasteiger partial charge is 0.497 e. The normalized spacial score (nSPS) is 13.1. The molecule has 0 aliphatic carbocycles. The molecule has 0 saturated carbocycles. The number of methoxy groups -OCH3 is 2. The van der Waals surface area contributed by atoms with Gasteiger partial charge in [-0.05, 0) is 62.6 Å². The maximum Gasteiger partial charge on any atom is 0.119 e. The summed E-state index contributed by atoms with van der Waals surface area (Å²) in [7, 11) is 7.13. The lowest BCUT2D eigenvalue weighted by atomic mass is 10.3. The molecule has 0 bridgehead atoms. The minimum absolute atomic E-state index is 0.216. The number of likely N-dealkylation sites (N-methyl/N-ethyl adjacent to an activating group) is 2. The molecule has 0 fully saturated rings. The fourth-order valence-corrected chi connectivity index (χ4v) is 3.08. The van der Waals surface area contributed by atoms with Crippen LogP contribution in [0.1, 0.15) is 0 Å². The molecule has 32 heavy (non-hydrogen) atoms. The molecule has 178 valence electrons. The van der Waals surface area contributed by atoms with Gasteiger partial charge < -0.3 is 39.0 Å². The van der Waals surface area contributed by atoms with Crippen molar-refractivity contribution in [3.63, 3.8) is 0 Å². The molecule has 0 aliphatic heterocycles. The zero-order valence-corrected chi connectivity index (χ0v) is 19.4. The molecule has 2 atom stereocenters. The van der Waals surface area contributed by atoms with Crippen molar-refractivity contribution in [2.75, 3.05) is 67.7 Å². The Morgan fingerprint density at radius 3 is 1.25 bits per heavy atom. The van der Waals surface area contributed by atoms with E-state index in [1.165, 1.54) is 0 Å². The van der Waals surface area contributed by atoms with Crippen LogP contribution >= 0.6 is 0 Å². The Hall–Kier alpha value is -2.52. The molecule has 2 unspecified atom stereocenters. The Morgan fingerprint density at radius 2 is 0.938 bits per heavy atom. The van der Waals surface area contributed by atoms with E-state index in [-0.39, 0.29) is 13.2 Å². The maximum absolute atomic E-state index is 10.2. The summed E-state index contributed by atoms with van der Waals surface area (Å²) >= 11 is 0. The second kappa shape index (κ2) is 13.8. The lowest BCUT2D eigenvalue weighted by Crippen LogP contribution is -2.40. The Balaban J connectivity index is 1.59. The highest BCUT2D eigenvalue weighted by molar-refractivity contribution is 5.31. The first-order chi connectivity index (χ1) is 15.4. The molecule has 2 rings (SSSR count). The van der Waals surface area contributed by atoms with E-state index in [9.17, 15) is 10.2 Å². The minimum atomic E-state index is -0.601. The lowest BCUT2D eigenvalue weighted by molar-refractivity contribution is 0.0617. The molecule has 2 aromatic rings. The number of hydrogen-bond donors (Lipinski definition) is 2. The Morgan fingerprint density at radius 1 is 0.625 bits per heavy atom. The summed E-state index contributed by atoms with van der Waals surface area (Å²) in [6.45, 7) is 2.92. The molecule has 0 heterocycles. The van der Waals surface area contributed by atoms with Gasteiger partial charge in [0.15, 0.2) is 0 Å². The van der Waals surface area contributed by atoms with Gasteiger partial charge in [-0.25, -0.2) is 0 Å². The highest BCUT2D eigenvalue weighted by Gasteiger charge is 2.13. The van der Waals surface area contributed by atoms with Crippen molar-refractivity contribution < 1.29 is 29.2 Å². The molecule has 0 aliphatic rings. The molecule has 0 aromatic heterocycles. The number of nitrogens with zero attached hydrogens (tertiary/aromatic N) is 2. The minimum Gasteiger partial charge on any atom is -0.497 e. The van der Waals surface area contributed by atoms with Gasteiger partial charge in [0.1, 0.15) is 48.4 Å². The predicted octanol–water partition coefficient (Wildman–Crippen LogP) is 1.75. The van der Waals surface area contributed by atoms with Crippen LogP contribution in [-0.2, 0) is 0 Å². The molecule has 0 radical (unpaired) electrons. The number of aliphatic hydroxyl groups excluding tert-OH is 2. The van der Waals surface area contributed by atoms with Crippen LogP contribution in [0.2, 0.25) is 0 Å². The summed E-state index contributed by atoms with van der Waals surface area (Å²) < 4.78 is 21.5. The number of hydrogen-bond acceptors (Lipinski definition) is 8. The number of rotatable bonds is 15. The van der Waals surface area contributed by atoms with Gasteiger partial charge in [0.2, 0.25) is 0 Å². The van der Waals surface area contributed by atoms with E-state index in [2.05, 4.69) is 0 Å². The van der Waals surface area contributed by atoms with E-state index in [4.69, 9.17) is 18.9 Å². The van der Waals surface area contributed by atoms with Crippen LogP contribution in [0.15, 0.2) is 48.5 Å². The Labute approximate surface area is 190 Å². The number of benzene rings is 2. The van der Waals surface area contributed by atoms with Crippen LogP contribution in [0.3, 0.4) is 0 Å². The predicted molar refractivity (Wildman–Crippen MR) is 124 cm³/mol. The second-order valence-corrected chi connectivity index (χ2v) is 7.81. The highest BCUT2D eigenvalue weighted by atomic mass is 16.5. The van der Waals surface area contributed by atoms with Crippen molar-refractivity contribution >= 4 is 0 Å². The van der Waals surface area contributed by atoms with E-state index in [0.717, 1.165) is 24.6 Å². The van der Waals surface area contributed by atoms with Gasteiger partial charge in [-0.15, -0.1) is 0 Å². The van der Waals surface area contributed by atoms with Crippen molar-refractivity contribution in [3.05, 3.63) is 48.5 Å². The van der Waals surface area contributed by atoms with Gasteiger partial charge in [0.05, 0.1) is 14.2 Å². The van der Waals surface area contributed by atoms with Crippen LogP contribution in [0.4, 0.5) is 0 Å². The molecule has 8 nitrogen and oxygen atoms in total. The molecule has 0 spiro atoms. The second-order valence-electron chi connectivity index (χ2n) is 7.81. The third-order valence-electron chi connectivity index (χ3n) is 4.91. The molecular formula is C24H36N2O6. The van der Waals surface area contributed by atoms with E-state index in [1.54, 1.807) is 14.2 Å². The Kier molecular flexibility index (Phi) is 11.1. The number of ether oxygens (including phenoxy) is 4. The first-order valence-electron chi connectivity index (χ1n) is 10.7. The van der Waals surface area contributed by atoms with E-state index in [1.807, 2.05) is 72.4 Å². The van der Waals surface area contributed by atoms with E-state index < -0.39 is 12.2 Å². The summed E-state index contributed by atoms with van der Waals surface area (Å²) in [6.07, 6.45) is -1.20. The summed E-state index contributed by atoms with van der Waals surface area (Å²) in [5.74, 6) is 2.91. The first-order valence-corrected chi connectivity index (χ1v) is 10.7. The molecule has 0 saturated heterocycles. The summed E-state index contributed by atoms with van der Waals surface area (Å²) in [4.78, 5) is 4.08. The summed E-state index contributed by atoms with van der Waals surface area (Å²) in [5, 5.41) is 20.5. The standard InChI is InChI=1S/C24H36N2O6/c1-25(15-19(27)17-31-23-9-5-21(29-3)6-10-23)13-14-26(2)16-20(28)18-32-24-11-7-22(30-4)8-12-24/h5-12,19-20,27-28H,13-18H2,1-4H3. The third kappa shape index (κ3) is 9.74. The van der Waals surface area contributed by atoms with Crippen LogP contribution in [0, 0.1) is 0 Å². The Bertz CT molecular complexity index is 691. The average Bonchev–Trinajstić information content (AvgIpc) is 2.80. The first kappa shape index (κ1) is 25.7. The highest BCUT2D eigenvalue weighted by Crippen LogP contribution is 2.18. The van der Waals surface area contributed by atoms with Crippen LogP contribution < -0.4 is 18.9 Å². The topological polar surface area (TPSA) is 83.9 Å². The number of aliphatic hydroxyl groups is 2. The quantitative estimate of drug-likeness (QED) is 0.426. The fraction of sp³-hybridized carbons (Fsp3) is 0.500. The van der Waals surface area contributed by atoms with Gasteiger partial charge >= 0.3 is 0 Å². The summed E-state index contributed by atoms with van der Waals surface area (Å²) in [6, 6.07) is 14.5. The maximum atomic E-state index is 10.2. The van der Waals surface area contributed by atoms with Crippen LogP contribution in [0.5, 0.6) is 23.0 Å². The van der Waals surface area contributed by atoms with Crippen molar-refractivity contribution in [2.24, 2.45) is 0 Å². The molecule has 0 amide bonds. The molecule has 2 aromatic carbocycles. The van der Waals surface area contributed by atoms with Gasteiger partial charge in [-0.3, -0.25) is 0 Å². The smallest absolute Gasteiger partial charge is 0.119 e. The zero-order valence-electron chi connectivity index (χ0n) is 19.4. The SMILES string of the molecule is COc1ccc(OCC(O)CN(C)CCN(C)CC(O)COc2ccc(OC)cc2)cc1. The molecule has 8 heteroatoms. The fourth-order valence-electron chi connectivity index (χ4n) is 3.08. The molecular weight excluding hydrogens is 412 g/mol. The van der Waals surface area contributed by atoms with Crippen molar-refractivity contribution in [2.45, 2.75) is 12.2 Å². The van der Waals surface area contributed by atoms with Gasteiger partial charge in [0.25, 0.3) is 0 Å². The van der Waals surface area contributed by atoms with Gasteiger partial charge in [-0.2, -0.15) is 0 Å². The average molecular weight is 449 g/mol. The lowest BCUT2D eigenvalue weighted by Gasteiger charge is -2.25. The van der Waals surface area contributed by atoms with Crippen molar-refractivity contribution in [1.29, 1.82) is 0 Å².